The molecule has 27 heavy (non-hydrogen) atoms. The molecule has 2 aromatic heterocycles. The molecule has 3 heterocycles. The normalized spacial score (nSPS) is 14.5. The van der Waals surface area contributed by atoms with Crippen molar-refractivity contribution in [1.82, 2.24) is 15.2 Å². The van der Waals surface area contributed by atoms with E-state index >= 15 is 0 Å². The molecule has 4 rings (SSSR count). The molecule has 3 aromatic rings. The second-order valence-corrected chi connectivity index (χ2v) is 8.83. The fraction of sp³-hybridized carbons (Fsp3) is 0.353. The molecule has 0 radical (unpaired) electrons. The Balaban J connectivity index is 1.27. The van der Waals surface area contributed by atoms with E-state index in [1.54, 1.807) is 46.6 Å². The first-order valence-electron chi connectivity index (χ1n) is 8.37. The number of thiazole rings is 1. The molecule has 1 saturated heterocycles. The number of hydrogen-bond donors (Lipinski definition) is 0. The van der Waals surface area contributed by atoms with Gasteiger partial charge in [-0.1, -0.05) is 23.1 Å². The maximum absolute atomic E-state index is 12.9. The van der Waals surface area contributed by atoms with Gasteiger partial charge < -0.3 is 14.4 Å². The van der Waals surface area contributed by atoms with E-state index in [9.17, 15) is 4.39 Å². The van der Waals surface area contributed by atoms with Crippen LogP contribution in [0, 0.1) is 5.82 Å². The summed E-state index contributed by atoms with van der Waals surface area (Å²) in [5, 5.41) is 12.4. The van der Waals surface area contributed by atoms with E-state index in [2.05, 4.69) is 20.1 Å². The molecule has 0 amide bonds. The quantitative estimate of drug-likeness (QED) is 0.534. The summed E-state index contributed by atoms with van der Waals surface area (Å²) in [6.07, 6.45) is 0. The topological polar surface area (TPSA) is 60.4 Å². The Labute approximate surface area is 168 Å². The van der Waals surface area contributed by atoms with Gasteiger partial charge in [0.2, 0.25) is 5.13 Å². The molecule has 1 fully saturated rings. The van der Waals surface area contributed by atoms with Gasteiger partial charge in [-0.25, -0.2) is 9.37 Å². The Hall–Kier alpha value is -1.75. The molecule has 142 valence electrons. The number of hydrogen-bond acceptors (Lipinski definition) is 9. The first-order chi connectivity index (χ1) is 13.3. The smallest absolute Gasteiger partial charge is 0.209 e. The lowest BCUT2D eigenvalue weighted by Crippen LogP contribution is -2.36. The lowest BCUT2D eigenvalue weighted by atomic mass is 10.3. The van der Waals surface area contributed by atoms with Gasteiger partial charge in [-0.2, -0.15) is 0 Å². The molecule has 0 saturated carbocycles. The zero-order valence-corrected chi connectivity index (χ0v) is 16.8. The van der Waals surface area contributed by atoms with Crippen LogP contribution in [0.3, 0.4) is 0 Å². The van der Waals surface area contributed by atoms with Crippen LogP contribution in [0.25, 0.3) is 0 Å². The monoisotopic (exact) mass is 424 g/mol. The number of rotatable bonds is 7. The molecule has 0 spiro atoms. The molecule has 1 aliphatic rings. The molecule has 1 aliphatic heterocycles. The number of thioether (sulfide) groups is 1. The van der Waals surface area contributed by atoms with Crippen LogP contribution in [-0.4, -0.2) is 41.5 Å². The lowest BCUT2D eigenvalue weighted by Gasteiger charge is -2.25. The first kappa shape index (κ1) is 18.6. The van der Waals surface area contributed by atoms with Crippen LogP contribution < -0.4 is 9.64 Å². The van der Waals surface area contributed by atoms with Crippen LogP contribution in [0.1, 0.15) is 10.7 Å². The Morgan fingerprint density at radius 3 is 2.81 bits per heavy atom. The number of aromatic nitrogens is 3. The van der Waals surface area contributed by atoms with E-state index in [4.69, 9.17) is 9.47 Å². The zero-order chi connectivity index (χ0) is 18.5. The van der Waals surface area contributed by atoms with Crippen LogP contribution in [0.5, 0.6) is 5.75 Å². The minimum Gasteiger partial charge on any atom is -0.486 e. The predicted octanol–water partition coefficient (Wildman–Crippen LogP) is 3.84. The highest BCUT2D eigenvalue weighted by Crippen LogP contribution is 2.31. The molecular formula is C17H17FN4O2S3. The minimum atomic E-state index is -0.274. The van der Waals surface area contributed by atoms with E-state index in [0.29, 0.717) is 12.4 Å². The van der Waals surface area contributed by atoms with Gasteiger partial charge in [-0.3, -0.25) is 0 Å². The Morgan fingerprint density at radius 2 is 2.00 bits per heavy atom. The number of ether oxygens (including phenoxy) is 2. The second-order valence-electron chi connectivity index (χ2n) is 5.71. The van der Waals surface area contributed by atoms with Crippen LogP contribution in [0.4, 0.5) is 9.52 Å². The fourth-order valence-corrected chi connectivity index (χ4v) is 5.03. The van der Waals surface area contributed by atoms with Crippen molar-refractivity contribution in [1.29, 1.82) is 0 Å². The summed E-state index contributed by atoms with van der Waals surface area (Å²) in [6, 6.07) is 5.99. The number of benzene rings is 1. The van der Waals surface area contributed by atoms with E-state index < -0.39 is 0 Å². The van der Waals surface area contributed by atoms with Gasteiger partial charge >= 0.3 is 0 Å². The highest BCUT2D eigenvalue weighted by atomic mass is 32.2. The molecule has 0 unspecified atom stereocenters. The van der Waals surface area contributed by atoms with Crippen LogP contribution in [0.2, 0.25) is 0 Å². The molecule has 0 atom stereocenters. The number of morpholine rings is 1. The highest BCUT2D eigenvalue weighted by molar-refractivity contribution is 8.00. The van der Waals surface area contributed by atoms with Gasteiger partial charge in [0.05, 0.1) is 18.9 Å². The van der Waals surface area contributed by atoms with Gasteiger partial charge in [0.25, 0.3) is 0 Å². The third kappa shape index (κ3) is 5.16. The second kappa shape index (κ2) is 8.96. The van der Waals surface area contributed by atoms with Crippen molar-refractivity contribution >= 4 is 39.6 Å². The molecule has 10 heteroatoms. The number of halogens is 1. The largest absolute Gasteiger partial charge is 0.486 e. The molecule has 0 aliphatic carbocycles. The summed E-state index contributed by atoms with van der Waals surface area (Å²) in [5.74, 6) is 1.10. The Kier molecular flexibility index (Phi) is 6.17. The van der Waals surface area contributed by atoms with Crippen LogP contribution in [0.15, 0.2) is 34.0 Å². The maximum atomic E-state index is 12.9. The van der Waals surface area contributed by atoms with Gasteiger partial charge in [0.1, 0.15) is 23.2 Å². The standard InChI is InChI=1S/C17H17FN4O2S3/c18-12-1-3-14(4-2-12)24-9-15-19-13(10-25-15)11-26-17-21-20-16(27-17)22-5-7-23-8-6-22/h1-4,10H,5-9,11H2. The molecule has 0 bridgehead atoms. The Morgan fingerprint density at radius 1 is 1.19 bits per heavy atom. The summed E-state index contributed by atoms with van der Waals surface area (Å²) >= 11 is 4.80. The van der Waals surface area contributed by atoms with E-state index in [-0.39, 0.29) is 5.82 Å². The molecule has 1 aromatic carbocycles. The van der Waals surface area contributed by atoms with Gasteiger partial charge in [0.15, 0.2) is 4.34 Å². The highest BCUT2D eigenvalue weighted by Gasteiger charge is 2.16. The van der Waals surface area contributed by atoms with Crippen molar-refractivity contribution in [2.24, 2.45) is 0 Å². The Bertz CT molecular complexity index is 865. The fourth-order valence-electron chi connectivity index (χ4n) is 2.44. The zero-order valence-electron chi connectivity index (χ0n) is 14.3. The van der Waals surface area contributed by atoms with Crippen LogP contribution in [-0.2, 0) is 17.1 Å². The third-order valence-corrected chi connectivity index (χ3v) is 6.82. The van der Waals surface area contributed by atoms with E-state index in [1.165, 1.54) is 12.1 Å². The average Bonchev–Trinajstić information content (AvgIpc) is 3.36. The predicted molar refractivity (Wildman–Crippen MR) is 105 cm³/mol. The van der Waals surface area contributed by atoms with E-state index in [0.717, 1.165) is 52.2 Å². The molecule has 0 N–H and O–H groups in total. The summed E-state index contributed by atoms with van der Waals surface area (Å²) in [5.41, 5.74) is 0.992. The van der Waals surface area contributed by atoms with Gasteiger partial charge in [0, 0.05) is 24.2 Å². The van der Waals surface area contributed by atoms with Crippen molar-refractivity contribution in [3.8, 4) is 5.75 Å². The molecule has 6 nitrogen and oxygen atoms in total. The van der Waals surface area contributed by atoms with Crippen LogP contribution >= 0.6 is 34.4 Å². The number of anilines is 1. The van der Waals surface area contributed by atoms with Gasteiger partial charge in [-0.05, 0) is 24.3 Å². The maximum Gasteiger partial charge on any atom is 0.209 e. The summed E-state index contributed by atoms with van der Waals surface area (Å²) in [7, 11) is 0. The average molecular weight is 425 g/mol. The SMILES string of the molecule is Fc1ccc(OCc2nc(CSc3nnc(N4CCOCC4)s3)cs2)cc1. The van der Waals surface area contributed by atoms with Crippen molar-refractivity contribution in [2.75, 3.05) is 31.2 Å². The number of nitrogens with zero attached hydrogens (tertiary/aromatic N) is 4. The minimum absolute atomic E-state index is 0.274. The summed E-state index contributed by atoms with van der Waals surface area (Å²) in [4.78, 5) is 6.79. The van der Waals surface area contributed by atoms with Crippen molar-refractivity contribution in [3.63, 3.8) is 0 Å². The van der Waals surface area contributed by atoms with E-state index in [1.807, 2.05) is 5.38 Å². The van der Waals surface area contributed by atoms with Crippen molar-refractivity contribution in [3.05, 3.63) is 46.2 Å². The van der Waals surface area contributed by atoms with Gasteiger partial charge in [-0.15, -0.1) is 21.5 Å². The lowest BCUT2D eigenvalue weighted by molar-refractivity contribution is 0.122. The third-order valence-electron chi connectivity index (χ3n) is 3.80. The molecular weight excluding hydrogens is 407 g/mol. The van der Waals surface area contributed by atoms with Crippen molar-refractivity contribution < 1.29 is 13.9 Å². The van der Waals surface area contributed by atoms with Crippen molar-refractivity contribution in [2.45, 2.75) is 16.7 Å². The first-order valence-corrected chi connectivity index (χ1v) is 11.0. The summed E-state index contributed by atoms with van der Waals surface area (Å²) in [6.45, 7) is 3.58. The summed E-state index contributed by atoms with van der Waals surface area (Å²) < 4.78 is 24.8.